The molecule has 4 aliphatic carbocycles. The number of allylic oxidation sites excluding steroid dienone is 1. The van der Waals surface area contributed by atoms with Gasteiger partial charge in [0.1, 0.15) is 0 Å². The molecular weight excluding hydrogens is 400 g/mol. The van der Waals surface area contributed by atoms with E-state index in [9.17, 15) is 0 Å². The van der Waals surface area contributed by atoms with Crippen molar-refractivity contribution >= 4 is 0 Å². The summed E-state index contributed by atoms with van der Waals surface area (Å²) >= 11 is 0. The largest absolute Gasteiger partial charge is 0.378 e. The quantitative estimate of drug-likeness (QED) is 0.314. The molecule has 190 valence electrons. The van der Waals surface area contributed by atoms with Gasteiger partial charge in [0.05, 0.1) is 6.10 Å². The van der Waals surface area contributed by atoms with E-state index < -0.39 is 0 Å². The van der Waals surface area contributed by atoms with Gasteiger partial charge in [-0.15, -0.1) is 0 Å². The maximum Gasteiger partial charge on any atom is 0.0612 e. The van der Waals surface area contributed by atoms with Crippen LogP contribution in [0.15, 0.2) is 11.6 Å². The molecule has 4 rings (SSSR count). The SMILES string of the molecule is CC(C)CCC[C@H](C)[C@H]1CC[C@H]2[C@@H]3CC=C4C[C@@H](OCCC(C)C)CC[C@]4(C)[C@H]3CC[C@]12C. The van der Waals surface area contributed by atoms with Crippen LogP contribution in [0.2, 0.25) is 0 Å². The predicted molar refractivity (Wildman–Crippen MR) is 142 cm³/mol. The molecule has 0 amide bonds. The molecule has 0 aromatic heterocycles. The zero-order chi connectivity index (χ0) is 23.8. The number of ether oxygens (including phenoxy) is 1. The molecule has 0 unspecified atom stereocenters. The van der Waals surface area contributed by atoms with Gasteiger partial charge in [-0.2, -0.15) is 0 Å². The van der Waals surface area contributed by atoms with Gasteiger partial charge >= 0.3 is 0 Å². The van der Waals surface area contributed by atoms with Crippen molar-refractivity contribution in [3.63, 3.8) is 0 Å². The molecule has 0 radical (unpaired) electrons. The van der Waals surface area contributed by atoms with E-state index in [2.05, 4.69) is 54.5 Å². The van der Waals surface area contributed by atoms with Crippen molar-refractivity contribution < 1.29 is 4.74 Å². The molecule has 0 heterocycles. The Bertz CT molecular complexity index is 676. The fourth-order valence-electron chi connectivity index (χ4n) is 9.26. The summed E-state index contributed by atoms with van der Waals surface area (Å²) in [4.78, 5) is 0. The Morgan fingerprint density at radius 3 is 2.36 bits per heavy atom. The molecule has 0 saturated heterocycles. The Morgan fingerprint density at radius 2 is 1.64 bits per heavy atom. The molecule has 0 spiro atoms. The lowest BCUT2D eigenvalue weighted by Crippen LogP contribution is -2.51. The summed E-state index contributed by atoms with van der Waals surface area (Å²) in [6.45, 7) is 18.3. The number of hydrogen-bond donors (Lipinski definition) is 0. The van der Waals surface area contributed by atoms with E-state index in [0.717, 1.165) is 48.0 Å². The van der Waals surface area contributed by atoms with E-state index in [-0.39, 0.29) is 0 Å². The Kier molecular flexibility index (Phi) is 8.09. The molecule has 0 bridgehead atoms. The van der Waals surface area contributed by atoms with E-state index in [1.165, 1.54) is 77.0 Å². The van der Waals surface area contributed by atoms with E-state index >= 15 is 0 Å². The lowest BCUT2D eigenvalue weighted by molar-refractivity contribution is -0.0644. The lowest BCUT2D eigenvalue weighted by Gasteiger charge is -2.58. The minimum atomic E-state index is 0.461. The van der Waals surface area contributed by atoms with Crippen LogP contribution in [0.25, 0.3) is 0 Å². The highest BCUT2D eigenvalue weighted by atomic mass is 16.5. The van der Waals surface area contributed by atoms with Crippen LogP contribution in [0.4, 0.5) is 0 Å². The second-order valence-electron chi connectivity index (χ2n) is 14.2. The van der Waals surface area contributed by atoms with Crippen molar-refractivity contribution in [2.45, 2.75) is 132 Å². The smallest absolute Gasteiger partial charge is 0.0612 e. The molecule has 1 nitrogen and oxygen atoms in total. The Morgan fingerprint density at radius 1 is 0.879 bits per heavy atom. The third-order valence-electron chi connectivity index (χ3n) is 11.3. The molecule has 4 aliphatic rings. The van der Waals surface area contributed by atoms with Gasteiger partial charge in [0.15, 0.2) is 0 Å². The molecule has 3 fully saturated rings. The first-order valence-corrected chi connectivity index (χ1v) is 15.0. The number of hydrogen-bond acceptors (Lipinski definition) is 1. The van der Waals surface area contributed by atoms with Gasteiger partial charge in [0.25, 0.3) is 0 Å². The van der Waals surface area contributed by atoms with Gasteiger partial charge in [-0.3, -0.25) is 0 Å². The van der Waals surface area contributed by atoms with Gasteiger partial charge < -0.3 is 4.74 Å². The first kappa shape index (κ1) is 25.8. The first-order valence-electron chi connectivity index (χ1n) is 15.0. The number of fused-ring (bicyclic) bond motifs is 5. The topological polar surface area (TPSA) is 9.23 Å². The van der Waals surface area contributed by atoms with Crippen LogP contribution in [0.1, 0.15) is 126 Å². The van der Waals surface area contributed by atoms with Crippen LogP contribution in [0.3, 0.4) is 0 Å². The average Bonchev–Trinajstić information content (AvgIpc) is 3.10. The highest BCUT2D eigenvalue weighted by molar-refractivity contribution is 5.25. The third kappa shape index (κ3) is 5.15. The molecule has 0 aromatic rings. The van der Waals surface area contributed by atoms with Crippen molar-refractivity contribution in [3.8, 4) is 0 Å². The Balaban J connectivity index is 1.41. The molecular formula is C32H56O. The van der Waals surface area contributed by atoms with Crippen molar-refractivity contribution in [2.75, 3.05) is 6.61 Å². The third-order valence-corrected chi connectivity index (χ3v) is 11.3. The van der Waals surface area contributed by atoms with Crippen molar-refractivity contribution in [1.29, 1.82) is 0 Å². The van der Waals surface area contributed by atoms with Gasteiger partial charge in [-0.05, 0) is 110 Å². The molecule has 1 heteroatoms. The summed E-state index contributed by atoms with van der Waals surface area (Å²) in [7, 11) is 0. The zero-order valence-corrected chi connectivity index (χ0v) is 23.3. The first-order chi connectivity index (χ1) is 15.6. The summed E-state index contributed by atoms with van der Waals surface area (Å²) in [6, 6.07) is 0. The second kappa shape index (κ2) is 10.4. The van der Waals surface area contributed by atoms with E-state index in [0.29, 0.717) is 16.9 Å². The summed E-state index contributed by atoms with van der Waals surface area (Å²) in [5.41, 5.74) is 2.85. The molecule has 0 N–H and O–H groups in total. The van der Waals surface area contributed by atoms with Gasteiger partial charge in [0.2, 0.25) is 0 Å². The standard InChI is InChI=1S/C32H56O/c1-22(2)9-8-10-24(5)28-13-14-29-27-12-11-25-21-26(33-20-17-23(3)4)15-18-31(25,6)30(27)16-19-32(28,29)7/h11,22-24,26-30H,8-10,12-21H2,1-7H3/t24-,26-,27-,28+,29-,30-,31-,32+/m0/s1. The monoisotopic (exact) mass is 456 g/mol. The van der Waals surface area contributed by atoms with Crippen molar-refractivity contribution in [3.05, 3.63) is 11.6 Å². The minimum absolute atomic E-state index is 0.461. The summed E-state index contributed by atoms with van der Waals surface area (Å²) in [6.07, 6.45) is 19.9. The molecule has 0 aliphatic heterocycles. The lowest BCUT2D eigenvalue weighted by atomic mass is 9.47. The van der Waals surface area contributed by atoms with E-state index in [4.69, 9.17) is 4.74 Å². The van der Waals surface area contributed by atoms with E-state index in [1.807, 2.05) is 0 Å². The summed E-state index contributed by atoms with van der Waals surface area (Å²) < 4.78 is 6.36. The van der Waals surface area contributed by atoms with Crippen LogP contribution < -0.4 is 0 Å². The maximum absolute atomic E-state index is 6.36. The highest BCUT2D eigenvalue weighted by Gasteiger charge is 2.59. The Hall–Kier alpha value is -0.300. The van der Waals surface area contributed by atoms with Crippen LogP contribution in [-0.4, -0.2) is 12.7 Å². The molecule has 33 heavy (non-hydrogen) atoms. The summed E-state index contributed by atoms with van der Waals surface area (Å²) in [5.74, 6) is 6.35. The fourth-order valence-corrected chi connectivity index (χ4v) is 9.26. The zero-order valence-electron chi connectivity index (χ0n) is 23.3. The van der Waals surface area contributed by atoms with Crippen LogP contribution >= 0.6 is 0 Å². The van der Waals surface area contributed by atoms with Crippen LogP contribution in [0.5, 0.6) is 0 Å². The highest BCUT2D eigenvalue weighted by Crippen LogP contribution is 2.67. The predicted octanol–water partition coefficient (Wildman–Crippen LogP) is 9.46. The maximum atomic E-state index is 6.36. The average molecular weight is 457 g/mol. The molecule has 0 aromatic carbocycles. The van der Waals surface area contributed by atoms with E-state index in [1.54, 1.807) is 5.57 Å². The normalized spacial score (nSPS) is 41.5. The Labute approximate surface area is 206 Å². The molecule has 3 saturated carbocycles. The molecule has 8 atom stereocenters. The van der Waals surface area contributed by atoms with Gasteiger partial charge in [-0.25, -0.2) is 0 Å². The second-order valence-corrected chi connectivity index (χ2v) is 14.2. The van der Waals surface area contributed by atoms with Crippen molar-refractivity contribution in [1.82, 2.24) is 0 Å². The van der Waals surface area contributed by atoms with Crippen LogP contribution in [-0.2, 0) is 4.74 Å². The number of rotatable bonds is 9. The van der Waals surface area contributed by atoms with Gasteiger partial charge in [0, 0.05) is 6.61 Å². The minimum Gasteiger partial charge on any atom is -0.378 e. The summed E-state index contributed by atoms with van der Waals surface area (Å²) in [5, 5.41) is 0. The van der Waals surface area contributed by atoms with Crippen LogP contribution in [0, 0.1) is 52.3 Å². The fraction of sp³-hybridized carbons (Fsp3) is 0.938. The van der Waals surface area contributed by atoms with Gasteiger partial charge in [-0.1, -0.05) is 79.4 Å². The van der Waals surface area contributed by atoms with Crippen molar-refractivity contribution in [2.24, 2.45) is 52.3 Å².